The van der Waals surface area contributed by atoms with Crippen molar-refractivity contribution in [2.24, 2.45) is 0 Å². The largest absolute Gasteiger partial charge is 0.342 e. The summed E-state index contributed by atoms with van der Waals surface area (Å²) >= 11 is 11.2. The van der Waals surface area contributed by atoms with Crippen molar-refractivity contribution < 1.29 is 18.4 Å². The molecule has 0 unspecified atom stereocenters. The third kappa shape index (κ3) is 4.45. The predicted octanol–water partition coefficient (Wildman–Crippen LogP) is 5.45. The average Bonchev–Trinajstić information content (AvgIpc) is 3.14. The number of halogens is 3. The first-order valence-corrected chi connectivity index (χ1v) is 11.3. The summed E-state index contributed by atoms with van der Waals surface area (Å²) < 4.78 is 29.2. The van der Waals surface area contributed by atoms with Crippen LogP contribution in [0.15, 0.2) is 78.5 Å². The molecule has 35 heavy (non-hydrogen) atoms. The lowest BCUT2D eigenvalue weighted by Gasteiger charge is -2.28. The summed E-state index contributed by atoms with van der Waals surface area (Å²) in [6, 6.07) is 17.2. The van der Waals surface area contributed by atoms with Gasteiger partial charge in [0, 0.05) is 40.3 Å². The van der Waals surface area contributed by atoms with Gasteiger partial charge >= 0.3 is 0 Å². The maximum atomic E-state index is 13.7. The lowest BCUT2D eigenvalue weighted by molar-refractivity contribution is -0.122. The van der Waals surface area contributed by atoms with Gasteiger partial charge in [-0.2, -0.15) is 0 Å². The SMILES string of the molecule is O=C1NC(=S)N(c2ccc(Cl)cc2)C(=O)/C1=C/c1cn(Cc2cc(F)cc(F)c2)c2ccccc12. The average molecular weight is 508 g/mol. The Kier molecular flexibility index (Phi) is 5.92. The smallest absolute Gasteiger partial charge is 0.270 e. The molecule has 1 N–H and O–H groups in total. The summed E-state index contributed by atoms with van der Waals surface area (Å²) in [5, 5.41) is 3.79. The number of anilines is 1. The fourth-order valence-electron chi connectivity index (χ4n) is 4.06. The number of rotatable bonds is 4. The van der Waals surface area contributed by atoms with Gasteiger partial charge in [0.1, 0.15) is 17.2 Å². The monoisotopic (exact) mass is 507 g/mol. The maximum Gasteiger partial charge on any atom is 0.270 e. The van der Waals surface area contributed by atoms with Crippen LogP contribution in [0.1, 0.15) is 11.1 Å². The van der Waals surface area contributed by atoms with Crippen molar-refractivity contribution in [2.75, 3.05) is 4.90 Å². The molecule has 1 saturated heterocycles. The quantitative estimate of drug-likeness (QED) is 0.227. The van der Waals surface area contributed by atoms with Crippen molar-refractivity contribution in [3.63, 3.8) is 0 Å². The molecule has 174 valence electrons. The number of benzene rings is 3. The van der Waals surface area contributed by atoms with E-state index in [9.17, 15) is 18.4 Å². The highest BCUT2D eigenvalue weighted by Gasteiger charge is 2.34. The van der Waals surface area contributed by atoms with Gasteiger partial charge in [0.15, 0.2) is 5.11 Å². The van der Waals surface area contributed by atoms with E-state index in [0.29, 0.717) is 21.8 Å². The fourth-order valence-corrected chi connectivity index (χ4v) is 4.46. The van der Waals surface area contributed by atoms with Crippen LogP contribution in [-0.4, -0.2) is 21.5 Å². The van der Waals surface area contributed by atoms with Crippen LogP contribution < -0.4 is 10.2 Å². The Labute approximate surface area is 209 Å². The third-order valence-corrected chi connectivity index (χ3v) is 6.12. The molecule has 0 aliphatic carbocycles. The molecule has 0 spiro atoms. The van der Waals surface area contributed by atoms with Crippen molar-refractivity contribution in [2.45, 2.75) is 6.54 Å². The molecule has 4 aromatic rings. The molecular weight excluding hydrogens is 492 g/mol. The molecule has 5 nitrogen and oxygen atoms in total. The lowest BCUT2D eigenvalue weighted by Crippen LogP contribution is -2.54. The van der Waals surface area contributed by atoms with Crippen LogP contribution in [0.3, 0.4) is 0 Å². The Hall–Kier alpha value is -3.88. The van der Waals surface area contributed by atoms with Crippen molar-refractivity contribution in [3.8, 4) is 0 Å². The summed E-state index contributed by atoms with van der Waals surface area (Å²) in [7, 11) is 0. The molecule has 0 radical (unpaired) electrons. The molecule has 0 saturated carbocycles. The zero-order chi connectivity index (χ0) is 24.7. The number of hydrogen-bond acceptors (Lipinski definition) is 3. The van der Waals surface area contributed by atoms with E-state index < -0.39 is 23.4 Å². The lowest BCUT2D eigenvalue weighted by atomic mass is 10.1. The van der Waals surface area contributed by atoms with Gasteiger partial charge in [-0.1, -0.05) is 29.8 Å². The predicted molar refractivity (Wildman–Crippen MR) is 135 cm³/mol. The highest BCUT2D eigenvalue weighted by atomic mass is 35.5. The van der Waals surface area contributed by atoms with E-state index in [2.05, 4.69) is 5.32 Å². The van der Waals surface area contributed by atoms with Gasteiger partial charge in [-0.05, 0) is 66.3 Å². The van der Waals surface area contributed by atoms with Crippen molar-refractivity contribution >= 4 is 63.4 Å². The summed E-state index contributed by atoms with van der Waals surface area (Å²) in [5.74, 6) is -2.53. The van der Waals surface area contributed by atoms with E-state index in [-0.39, 0.29) is 17.2 Å². The Balaban J connectivity index is 1.57. The number of nitrogens with one attached hydrogen (secondary N) is 1. The number of thiocarbonyl (C=S) groups is 1. The molecule has 0 bridgehead atoms. The van der Waals surface area contributed by atoms with Crippen molar-refractivity contribution in [1.29, 1.82) is 0 Å². The number of amides is 2. The van der Waals surface area contributed by atoms with E-state index in [1.54, 1.807) is 30.5 Å². The van der Waals surface area contributed by atoms with Gasteiger partial charge in [0.25, 0.3) is 11.8 Å². The van der Waals surface area contributed by atoms with E-state index in [0.717, 1.165) is 17.0 Å². The number of carbonyl (C=O) groups is 2. The summed E-state index contributed by atoms with van der Waals surface area (Å²) in [4.78, 5) is 27.3. The number of fused-ring (bicyclic) bond motifs is 1. The Bertz CT molecular complexity index is 1530. The van der Waals surface area contributed by atoms with Crippen LogP contribution in [0, 0.1) is 11.6 Å². The van der Waals surface area contributed by atoms with E-state index in [1.807, 2.05) is 28.8 Å². The first-order chi connectivity index (χ1) is 16.8. The molecule has 5 rings (SSSR count). The van der Waals surface area contributed by atoms with Gasteiger partial charge in [-0.3, -0.25) is 19.8 Å². The van der Waals surface area contributed by atoms with Gasteiger partial charge in [0.2, 0.25) is 0 Å². The Morgan fingerprint density at radius 3 is 2.37 bits per heavy atom. The molecule has 2 amide bonds. The minimum atomic E-state index is -0.665. The molecule has 3 aromatic carbocycles. The van der Waals surface area contributed by atoms with Crippen molar-refractivity contribution in [3.05, 3.63) is 106 Å². The normalized spacial score (nSPS) is 15.2. The van der Waals surface area contributed by atoms with E-state index in [4.69, 9.17) is 23.8 Å². The fraction of sp³-hybridized carbons (Fsp3) is 0.0385. The molecule has 0 atom stereocenters. The molecule has 9 heteroatoms. The number of carbonyl (C=O) groups excluding carboxylic acids is 2. The number of nitrogens with zero attached hydrogens (tertiary/aromatic N) is 2. The van der Waals surface area contributed by atoms with Gasteiger partial charge in [0.05, 0.1) is 5.69 Å². The van der Waals surface area contributed by atoms with Crippen LogP contribution >= 0.6 is 23.8 Å². The van der Waals surface area contributed by atoms with Crippen molar-refractivity contribution in [1.82, 2.24) is 9.88 Å². The second-order valence-electron chi connectivity index (χ2n) is 7.94. The van der Waals surface area contributed by atoms with Crippen LogP contribution in [0.2, 0.25) is 5.02 Å². The van der Waals surface area contributed by atoms with Gasteiger partial charge in [-0.25, -0.2) is 8.78 Å². The number of aromatic nitrogens is 1. The van der Waals surface area contributed by atoms with E-state index >= 15 is 0 Å². The van der Waals surface area contributed by atoms with Crippen LogP contribution in [0.5, 0.6) is 0 Å². The second-order valence-corrected chi connectivity index (χ2v) is 8.76. The summed E-state index contributed by atoms with van der Waals surface area (Å²) in [6.45, 7) is 0.194. The first kappa shape index (κ1) is 22.9. The molecule has 1 fully saturated rings. The Morgan fingerprint density at radius 2 is 1.66 bits per heavy atom. The minimum absolute atomic E-state index is 0.0324. The zero-order valence-electron chi connectivity index (χ0n) is 18.0. The minimum Gasteiger partial charge on any atom is -0.342 e. The number of hydrogen-bond donors (Lipinski definition) is 1. The topological polar surface area (TPSA) is 54.3 Å². The van der Waals surface area contributed by atoms with E-state index in [1.165, 1.54) is 23.1 Å². The number of para-hydroxylation sites is 1. The standard InChI is InChI=1S/C26H16ClF2N3O2S/c27-17-5-7-20(8-6-17)32-25(34)22(24(33)30-26(32)35)11-16-14-31(23-4-2-1-3-21(16)23)13-15-9-18(28)12-19(29)10-15/h1-12,14H,13H2,(H,30,33,35)/b22-11+. The zero-order valence-corrected chi connectivity index (χ0v) is 19.5. The van der Waals surface area contributed by atoms with Gasteiger partial charge in [-0.15, -0.1) is 0 Å². The molecule has 1 aromatic heterocycles. The summed E-state index contributed by atoms with van der Waals surface area (Å²) in [5.41, 5.74) is 2.17. The third-order valence-electron chi connectivity index (χ3n) is 5.58. The molecule has 2 heterocycles. The van der Waals surface area contributed by atoms with Crippen LogP contribution in [0.4, 0.5) is 14.5 Å². The first-order valence-electron chi connectivity index (χ1n) is 10.5. The molecule has 1 aliphatic rings. The highest BCUT2D eigenvalue weighted by Crippen LogP contribution is 2.28. The highest BCUT2D eigenvalue weighted by molar-refractivity contribution is 7.80. The Morgan fingerprint density at radius 1 is 0.971 bits per heavy atom. The van der Waals surface area contributed by atoms with Crippen LogP contribution in [-0.2, 0) is 16.1 Å². The maximum absolute atomic E-state index is 13.7. The van der Waals surface area contributed by atoms with Crippen LogP contribution in [0.25, 0.3) is 17.0 Å². The van der Waals surface area contributed by atoms with Gasteiger partial charge < -0.3 is 4.57 Å². The second kappa shape index (κ2) is 9.05. The summed E-state index contributed by atoms with van der Waals surface area (Å²) in [6.07, 6.45) is 3.23. The molecular formula is C26H16ClF2N3O2S. The molecule has 1 aliphatic heterocycles.